The third-order valence-corrected chi connectivity index (χ3v) is 2.54. The highest BCUT2D eigenvalue weighted by Gasteiger charge is 2.22. The third kappa shape index (κ3) is 5.31. The molecule has 94 valence electrons. The second kappa shape index (κ2) is 7.44. The molecule has 2 N–H and O–H groups in total. The van der Waals surface area contributed by atoms with Crippen LogP contribution in [0, 0.1) is 11.8 Å². The Balaban J connectivity index is 4.50. The fourth-order valence-corrected chi connectivity index (χ4v) is 1.80. The third-order valence-electron chi connectivity index (χ3n) is 2.54. The van der Waals surface area contributed by atoms with Crippen LogP contribution in [0.4, 0.5) is 0 Å². The topological polar surface area (TPSA) is 46.3 Å². The van der Waals surface area contributed by atoms with E-state index in [4.69, 9.17) is 5.73 Å². The van der Waals surface area contributed by atoms with Crippen LogP contribution in [-0.4, -0.2) is 30.4 Å². The van der Waals surface area contributed by atoms with Crippen molar-refractivity contribution in [2.24, 2.45) is 17.6 Å². The molecule has 3 nitrogen and oxygen atoms in total. The van der Waals surface area contributed by atoms with Crippen molar-refractivity contribution in [2.75, 3.05) is 19.6 Å². The van der Waals surface area contributed by atoms with Crippen LogP contribution in [0.1, 0.15) is 34.1 Å². The molecular formula is C13H26N2O. The Hall–Kier alpha value is -0.830. The molecule has 0 aliphatic rings. The zero-order valence-electron chi connectivity index (χ0n) is 11.1. The highest BCUT2D eigenvalue weighted by molar-refractivity contribution is 5.79. The molecule has 16 heavy (non-hydrogen) atoms. The van der Waals surface area contributed by atoms with E-state index in [-0.39, 0.29) is 11.8 Å². The largest absolute Gasteiger partial charge is 0.339 e. The summed E-state index contributed by atoms with van der Waals surface area (Å²) in [4.78, 5) is 14.0. The van der Waals surface area contributed by atoms with Gasteiger partial charge in [-0.25, -0.2) is 0 Å². The minimum absolute atomic E-state index is 0.0423. The maximum absolute atomic E-state index is 12.2. The molecule has 0 aliphatic heterocycles. The number of nitrogens with two attached hydrogens (primary N) is 1. The first-order valence-electron chi connectivity index (χ1n) is 6.05. The predicted octanol–water partition coefficient (Wildman–Crippen LogP) is 2.03. The van der Waals surface area contributed by atoms with Gasteiger partial charge in [-0.2, -0.15) is 0 Å². The molecule has 0 bridgehead atoms. The van der Waals surface area contributed by atoms with E-state index in [1.165, 1.54) is 0 Å². The Bertz CT molecular complexity index is 236. The van der Waals surface area contributed by atoms with Gasteiger partial charge in [-0.05, 0) is 26.2 Å². The van der Waals surface area contributed by atoms with Gasteiger partial charge in [0.25, 0.3) is 0 Å². The van der Waals surface area contributed by atoms with Crippen molar-refractivity contribution in [2.45, 2.75) is 34.1 Å². The smallest absolute Gasteiger partial charge is 0.227 e. The van der Waals surface area contributed by atoms with Gasteiger partial charge in [0.1, 0.15) is 0 Å². The van der Waals surface area contributed by atoms with E-state index >= 15 is 0 Å². The van der Waals surface area contributed by atoms with Crippen LogP contribution in [0.25, 0.3) is 0 Å². The molecule has 0 aromatic carbocycles. The maximum Gasteiger partial charge on any atom is 0.227 e. The summed E-state index contributed by atoms with van der Waals surface area (Å²) in [5, 5.41) is 0. The Morgan fingerprint density at radius 3 is 2.31 bits per heavy atom. The number of carbonyl (C=O) groups excluding carboxylic acids is 1. The molecule has 0 fully saturated rings. The van der Waals surface area contributed by atoms with Crippen molar-refractivity contribution in [1.29, 1.82) is 0 Å². The predicted molar refractivity (Wildman–Crippen MR) is 69.1 cm³/mol. The van der Waals surface area contributed by atoms with Crippen LogP contribution >= 0.6 is 0 Å². The summed E-state index contributed by atoms with van der Waals surface area (Å²) in [5.41, 5.74) is 6.69. The van der Waals surface area contributed by atoms with Gasteiger partial charge in [-0.1, -0.05) is 26.0 Å². The fraction of sp³-hybridized carbons (Fsp3) is 0.769. The quantitative estimate of drug-likeness (QED) is 0.675. The van der Waals surface area contributed by atoms with Gasteiger partial charge in [-0.3, -0.25) is 4.79 Å². The van der Waals surface area contributed by atoms with Gasteiger partial charge in [0.2, 0.25) is 5.91 Å². The van der Waals surface area contributed by atoms with Crippen molar-refractivity contribution in [3.63, 3.8) is 0 Å². The molecule has 0 radical (unpaired) electrons. The highest BCUT2D eigenvalue weighted by Crippen LogP contribution is 2.14. The highest BCUT2D eigenvalue weighted by atomic mass is 16.2. The maximum atomic E-state index is 12.2. The van der Waals surface area contributed by atoms with Gasteiger partial charge >= 0.3 is 0 Å². The van der Waals surface area contributed by atoms with Crippen LogP contribution < -0.4 is 5.73 Å². The zero-order chi connectivity index (χ0) is 12.7. The summed E-state index contributed by atoms with van der Waals surface area (Å²) in [6.45, 7) is 13.8. The van der Waals surface area contributed by atoms with Crippen LogP contribution in [0.3, 0.4) is 0 Å². The van der Waals surface area contributed by atoms with Crippen LogP contribution in [0.15, 0.2) is 12.2 Å². The second-order valence-corrected chi connectivity index (χ2v) is 4.87. The minimum atomic E-state index is -0.0423. The van der Waals surface area contributed by atoms with Crippen molar-refractivity contribution in [1.82, 2.24) is 4.90 Å². The molecule has 1 unspecified atom stereocenters. The van der Waals surface area contributed by atoms with E-state index in [1.807, 2.05) is 18.7 Å². The summed E-state index contributed by atoms with van der Waals surface area (Å²) in [7, 11) is 0. The average Bonchev–Trinajstić information content (AvgIpc) is 2.20. The normalized spacial score (nSPS) is 12.6. The molecule has 0 heterocycles. The first-order chi connectivity index (χ1) is 7.42. The lowest BCUT2D eigenvalue weighted by atomic mass is 9.95. The molecule has 1 amide bonds. The average molecular weight is 226 g/mol. The molecule has 0 aromatic rings. The Labute approximate surface area is 99.7 Å². The lowest BCUT2D eigenvalue weighted by Gasteiger charge is -2.26. The zero-order valence-corrected chi connectivity index (χ0v) is 11.1. The minimum Gasteiger partial charge on any atom is -0.339 e. The fourth-order valence-electron chi connectivity index (χ4n) is 1.80. The molecule has 0 saturated heterocycles. The molecule has 0 aliphatic carbocycles. The molecule has 3 heteroatoms. The van der Waals surface area contributed by atoms with E-state index in [1.54, 1.807) is 0 Å². The Morgan fingerprint density at radius 1 is 1.44 bits per heavy atom. The molecule has 0 rings (SSSR count). The van der Waals surface area contributed by atoms with E-state index in [0.29, 0.717) is 19.0 Å². The van der Waals surface area contributed by atoms with Crippen molar-refractivity contribution in [3.8, 4) is 0 Å². The SMILES string of the molecule is C=C(C)CN(CC)C(=O)C(CN)CC(C)C. The van der Waals surface area contributed by atoms with Gasteiger partial charge in [0, 0.05) is 19.6 Å². The van der Waals surface area contributed by atoms with Gasteiger partial charge in [-0.15, -0.1) is 0 Å². The van der Waals surface area contributed by atoms with E-state index in [0.717, 1.165) is 18.5 Å². The summed E-state index contributed by atoms with van der Waals surface area (Å²) in [6, 6.07) is 0. The number of hydrogen-bond acceptors (Lipinski definition) is 2. The van der Waals surface area contributed by atoms with E-state index in [9.17, 15) is 4.79 Å². The van der Waals surface area contributed by atoms with Crippen LogP contribution in [-0.2, 0) is 4.79 Å². The van der Waals surface area contributed by atoms with Gasteiger partial charge < -0.3 is 10.6 Å². The van der Waals surface area contributed by atoms with Gasteiger partial charge in [0.15, 0.2) is 0 Å². The molecular weight excluding hydrogens is 200 g/mol. The van der Waals surface area contributed by atoms with Crippen molar-refractivity contribution in [3.05, 3.63) is 12.2 Å². The lowest BCUT2D eigenvalue weighted by Crippen LogP contribution is -2.40. The first kappa shape index (κ1) is 15.2. The molecule has 0 saturated carbocycles. The number of hydrogen-bond donors (Lipinski definition) is 1. The van der Waals surface area contributed by atoms with Gasteiger partial charge in [0.05, 0.1) is 5.92 Å². The Morgan fingerprint density at radius 2 is 2.00 bits per heavy atom. The van der Waals surface area contributed by atoms with Crippen molar-refractivity contribution < 1.29 is 4.79 Å². The molecule has 1 atom stereocenters. The first-order valence-corrected chi connectivity index (χ1v) is 6.05. The number of carbonyl (C=O) groups is 1. The number of amides is 1. The number of likely N-dealkylation sites (N-methyl/N-ethyl adjacent to an activating group) is 1. The van der Waals surface area contributed by atoms with Crippen molar-refractivity contribution >= 4 is 5.91 Å². The molecule has 0 aromatic heterocycles. The summed E-state index contributed by atoms with van der Waals surface area (Å²) in [5.74, 6) is 0.627. The summed E-state index contributed by atoms with van der Waals surface area (Å²) >= 11 is 0. The molecule has 0 spiro atoms. The summed E-state index contributed by atoms with van der Waals surface area (Å²) in [6.07, 6.45) is 0.863. The van der Waals surface area contributed by atoms with Crippen LogP contribution in [0.2, 0.25) is 0 Å². The second-order valence-electron chi connectivity index (χ2n) is 4.87. The summed E-state index contributed by atoms with van der Waals surface area (Å²) < 4.78 is 0. The number of rotatable bonds is 7. The van der Waals surface area contributed by atoms with Crippen LogP contribution in [0.5, 0.6) is 0 Å². The number of nitrogens with zero attached hydrogens (tertiary/aromatic N) is 1. The standard InChI is InChI=1S/C13H26N2O/c1-6-15(9-11(4)5)13(16)12(8-14)7-10(2)3/h10,12H,4,6-9,14H2,1-3,5H3. The lowest BCUT2D eigenvalue weighted by molar-refractivity contribution is -0.135. The van der Waals surface area contributed by atoms with E-state index in [2.05, 4.69) is 20.4 Å². The monoisotopic (exact) mass is 226 g/mol. The Kier molecular flexibility index (Phi) is 7.06. The van der Waals surface area contributed by atoms with E-state index < -0.39 is 0 Å².